The van der Waals surface area contributed by atoms with Crippen LogP contribution in [0.5, 0.6) is 0 Å². The summed E-state index contributed by atoms with van der Waals surface area (Å²) < 4.78 is 26.9. The van der Waals surface area contributed by atoms with Crippen molar-refractivity contribution in [1.29, 1.82) is 0 Å². The summed E-state index contributed by atoms with van der Waals surface area (Å²) in [4.78, 5) is 7.86. The average molecular weight is 301 g/mol. The van der Waals surface area contributed by atoms with Crippen molar-refractivity contribution < 1.29 is 8.78 Å². The van der Waals surface area contributed by atoms with Crippen molar-refractivity contribution in [1.82, 2.24) is 15.3 Å². The molecule has 1 aliphatic rings. The Morgan fingerprint density at radius 3 is 2.61 bits per heavy atom. The standard InChI is InChI=1S/C10H14F2N4.2ClH/c11-10(12)7-13-5-2-8(10)6-16-9-14-3-1-4-15-9;;/h1,3-4,8,13H,2,5-7H2,(H,14,15,16);2*1H. The minimum Gasteiger partial charge on any atom is -0.354 e. The number of hydrogen-bond acceptors (Lipinski definition) is 4. The highest BCUT2D eigenvalue weighted by atomic mass is 35.5. The van der Waals surface area contributed by atoms with E-state index in [9.17, 15) is 8.78 Å². The summed E-state index contributed by atoms with van der Waals surface area (Å²) in [6.45, 7) is 0.602. The zero-order valence-corrected chi connectivity index (χ0v) is 11.2. The van der Waals surface area contributed by atoms with Crippen LogP contribution in [0.1, 0.15) is 6.42 Å². The Balaban J connectivity index is 0.00000144. The fourth-order valence-electron chi connectivity index (χ4n) is 1.74. The van der Waals surface area contributed by atoms with Crippen LogP contribution in [0.15, 0.2) is 18.5 Å². The van der Waals surface area contributed by atoms with E-state index in [1.165, 1.54) is 0 Å². The van der Waals surface area contributed by atoms with Gasteiger partial charge in [-0.25, -0.2) is 18.7 Å². The number of halogens is 4. The van der Waals surface area contributed by atoms with Crippen LogP contribution in [0.3, 0.4) is 0 Å². The summed E-state index contributed by atoms with van der Waals surface area (Å²) in [5, 5.41) is 5.53. The van der Waals surface area contributed by atoms with E-state index in [4.69, 9.17) is 0 Å². The van der Waals surface area contributed by atoms with E-state index in [1.807, 2.05) is 0 Å². The largest absolute Gasteiger partial charge is 0.354 e. The minimum atomic E-state index is -2.65. The summed E-state index contributed by atoms with van der Waals surface area (Å²) in [6, 6.07) is 1.68. The van der Waals surface area contributed by atoms with Crippen molar-refractivity contribution >= 4 is 30.8 Å². The third-order valence-corrected chi connectivity index (χ3v) is 2.70. The fourth-order valence-corrected chi connectivity index (χ4v) is 1.74. The van der Waals surface area contributed by atoms with E-state index in [1.54, 1.807) is 18.5 Å². The molecule has 1 aromatic heterocycles. The van der Waals surface area contributed by atoms with Crippen LogP contribution >= 0.6 is 24.8 Å². The Morgan fingerprint density at radius 1 is 1.33 bits per heavy atom. The van der Waals surface area contributed by atoms with Crippen LogP contribution in [0, 0.1) is 5.92 Å². The topological polar surface area (TPSA) is 49.8 Å². The molecule has 0 aliphatic carbocycles. The van der Waals surface area contributed by atoms with E-state index in [0.717, 1.165) is 0 Å². The van der Waals surface area contributed by atoms with Gasteiger partial charge in [0.2, 0.25) is 5.95 Å². The molecule has 104 valence electrons. The number of aromatic nitrogens is 2. The van der Waals surface area contributed by atoms with E-state index < -0.39 is 11.8 Å². The second kappa shape index (κ2) is 7.66. The van der Waals surface area contributed by atoms with Gasteiger partial charge in [0.05, 0.1) is 6.54 Å². The quantitative estimate of drug-likeness (QED) is 0.896. The minimum absolute atomic E-state index is 0. The molecular weight excluding hydrogens is 285 g/mol. The molecule has 0 saturated carbocycles. The summed E-state index contributed by atoms with van der Waals surface area (Å²) in [5.41, 5.74) is 0. The highest BCUT2D eigenvalue weighted by Gasteiger charge is 2.41. The van der Waals surface area contributed by atoms with Crippen molar-refractivity contribution in [3.63, 3.8) is 0 Å². The van der Waals surface area contributed by atoms with E-state index in [-0.39, 0.29) is 37.9 Å². The molecule has 1 unspecified atom stereocenters. The Morgan fingerprint density at radius 2 is 2.00 bits per heavy atom. The van der Waals surface area contributed by atoms with Crippen molar-refractivity contribution in [3.8, 4) is 0 Å². The van der Waals surface area contributed by atoms with Crippen LogP contribution in [0.2, 0.25) is 0 Å². The molecule has 8 heteroatoms. The normalized spacial score (nSPS) is 21.3. The molecule has 1 atom stereocenters. The smallest absolute Gasteiger partial charge is 0.264 e. The molecule has 1 aromatic rings. The second-order valence-electron chi connectivity index (χ2n) is 3.88. The first-order valence-corrected chi connectivity index (χ1v) is 5.28. The average Bonchev–Trinajstić information content (AvgIpc) is 2.28. The molecule has 0 radical (unpaired) electrons. The highest BCUT2D eigenvalue weighted by molar-refractivity contribution is 5.85. The summed E-state index contributed by atoms with van der Waals surface area (Å²) in [6.07, 6.45) is 3.62. The van der Waals surface area contributed by atoms with Gasteiger partial charge in [0.1, 0.15) is 0 Å². The Kier molecular flexibility index (Phi) is 7.35. The second-order valence-corrected chi connectivity index (χ2v) is 3.88. The van der Waals surface area contributed by atoms with E-state index in [2.05, 4.69) is 20.6 Å². The molecule has 0 spiro atoms. The molecule has 2 rings (SSSR count). The molecule has 18 heavy (non-hydrogen) atoms. The summed E-state index contributed by atoms with van der Waals surface area (Å²) >= 11 is 0. The Hall–Kier alpha value is -0.720. The van der Waals surface area contributed by atoms with Gasteiger partial charge in [-0.05, 0) is 19.0 Å². The molecular formula is C10H16Cl2F2N4. The lowest BCUT2D eigenvalue weighted by atomic mass is 9.94. The predicted molar refractivity (Wildman–Crippen MR) is 70.9 cm³/mol. The zero-order valence-electron chi connectivity index (χ0n) is 9.60. The maximum absolute atomic E-state index is 13.4. The van der Waals surface area contributed by atoms with Crippen molar-refractivity contribution in [3.05, 3.63) is 18.5 Å². The number of rotatable bonds is 3. The van der Waals surface area contributed by atoms with Crippen molar-refractivity contribution in [2.45, 2.75) is 12.3 Å². The molecule has 4 nitrogen and oxygen atoms in total. The Labute approximate surface area is 117 Å². The number of alkyl halides is 2. The third-order valence-electron chi connectivity index (χ3n) is 2.70. The van der Waals surface area contributed by atoms with Crippen LogP contribution in [0.4, 0.5) is 14.7 Å². The first-order valence-electron chi connectivity index (χ1n) is 5.28. The van der Waals surface area contributed by atoms with Gasteiger partial charge in [0.15, 0.2) is 0 Å². The van der Waals surface area contributed by atoms with E-state index >= 15 is 0 Å². The van der Waals surface area contributed by atoms with Crippen molar-refractivity contribution in [2.24, 2.45) is 5.92 Å². The molecule has 2 N–H and O–H groups in total. The number of hydrogen-bond donors (Lipinski definition) is 2. The SMILES string of the molecule is Cl.Cl.FC1(F)CNCCC1CNc1ncccn1. The maximum Gasteiger partial charge on any atom is 0.264 e. The van der Waals surface area contributed by atoms with Gasteiger partial charge in [-0.3, -0.25) is 0 Å². The van der Waals surface area contributed by atoms with Gasteiger partial charge in [-0.15, -0.1) is 24.8 Å². The molecule has 2 heterocycles. The molecule has 0 aromatic carbocycles. The van der Waals surface area contributed by atoms with Crippen LogP contribution in [-0.4, -0.2) is 35.5 Å². The molecule has 1 saturated heterocycles. The lowest BCUT2D eigenvalue weighted by Crippen LogP contribution is -2.48. The number of anilines is 1. The lowest BCUT2D eigenvalue weighted by molar-refractivity contribution is -0.0678. The number of piperidine rings is 1. The Bertz CT molecular complexity index is 340. The van der Waals surface area contributed by atoms with Gasteiger partial charge < -0.3 is 10.6 Å². The maximum atomic E-state index is 13.4. The molecule has 0 bridgehead atoms. The highest BCUT2D eigenvalue weighted by Crippen LogP contribution is 2.29. The summed E-state index contributed by atoms with van der Waals surface area (Å²) in [7, 11) is 0. The van der Waals surface area contributed by atoms with E-state index in [0.29, 0.717) is 18.9 Å². The number of nitrogens with zero attached hydrogens (tertiary/aromatic N) is 2. The van der Waals surface area contributed by atoms with Gasteiger partial charge in [0, 0.05) is 24.9 Å². The number of nitrogens with one attached hydrogen (secondary N) is 2. The monoisotopic (exact) mass is 300 g/mol. The molecule has 0 amide bonds. The van der Waals surface area contributed by atoms with Crippen LogP contribution in [-0.2, 0) is 0 Å². The van der Waals surface area contributed by atoms with Gasteiger partial charge in [0.25, 0.3) is 5.92 Å². The fraction of sp³-hybridized carbons (Fsp3) is 0.600. The molecule has 1 aliphatic heterocycles. The van der Waals surface area contributed by atoms with Gasteiger partial charge in [-0.1, -0.05) is 0 Å². The summed E-state index contributed by atoms with van der Waals surface area (Å²) in [5.74, 6) is -2.91. The third kappa shape index (κ3) is 4.51. The van der Waals surface area contributed by atoms with Gasteiger partial charge in [-0.2, -0.15) is 0 Å². The van der Waals surface area contributed by atoms with Crippen LogP contribution < -0.4 is 10.6 Å². The molecule has 1 fully saturated rings. The van der Waals surface area contributed by atoms with Crippen molar-refractivity contribution in [2.75, 3.05) is 25.0 Å². The van der Waals surface area contributed by atoms with Gasteiger partial charge >= 0.3 is 0 Å². The van der Waals surface area contributed by atoms with Crippen LogP contribution in [0.25, 0.3) is 0 Å². The predicted octanol–water partition coefficient (Wildman–Crippen LogP) is 1.98. The lowest BCUT2D eigenvalue weighted by Gasteiger charge is -2.31. The first kappa shape index (κ1) is 17.3. The zero-order chi connectivity index (χ0) is 11.4. The first-order chi connectivity index (χ1) is 7.68.